The third-order valence-electron chi connectivity index (χ3n) is 4.26. The summed E-state index contributed by atoms with van der Waals surface area (Å²) in [5.74, 6) is 0. The van der Waals surface area contributed by atoms with Crippen LogP contribution >= 0.6 is 0 Å². The molecule has 82 valence electrons. The van der Waals surface area contributed by atoms with E-state index in [-0.39, 0.29) is 0 Å². The summed E-state index contributed by atoms with van der Waals surface area (Å²) in [6.07, 6.45) is 5.85. The van der Waals surface area contributed by atoms with Crippen LogP contribution in [-0.4, -0.2) is 49.6 Å². The van der Waals surface area contributed by atoms with Crippen molar-refractivity contribution < 1.29 is 0 Å². The van der Waals surface area contributed by atoms with Crippen molar-refractivity contribution in [1.82, 2.24) is 9.80 Å². The first kappa shape index (κ1) is 10.4. The summed E-state index contributed by atoms with van der Waals surface area (Å²) < 4.78 is 0. The quantitative estimate of drug-likeness (QED) is 0.676. The first-order chi connectivity index (χ1) is 6.74. The third kappa shape index (κ3) is 2.48. The van der Waals surface area contributed by atoms with Gasteiger partial charge in [-0.15, -0.1) is 0 Å². The molecule has 2 aliphatic rings. The van der Waals surface area contributed by atoms with E-state index in [1.807, 2.05) is 0 Å². The van der Waals surface area contributed by atoms with Gasteiger partial charge in [-0.1, -0.05) is 13.3 Å². The van der Waals surface area contributed by atoms with Crippen LogP contribution in [0.25, 0.3) is 0 Å². The largest absolute Gasteiger partial charge is 0.304 e. The van der Waals surface area contributed by atoms with E-state index in [0.29, 0.717) is 0 Å². The molecule has 0 aromatic heterocycles. The average Bonchev–Trinajstić information content (AvgIpc) is 2.98. The topological polar surface area (TPSA) is 6.48 Å². The van der Waals surface area contributed by atoms with Crippen molar-refractivity contribution in [2.75, 3.05) is 39.8 Å². The lowest BCUT2D eigenvalue weighted by molar-refractivity contribution is 0.144. The molecule has 0 radical (unpaired) electrons. The Hall–Kier alpha value is -0.0800. The number of likely N-dealkylation sites (N-methyl/N-ethyl adjacent to an activating group) is 1. The van der Waals surface area contributed by atoms with Crippen LogP contribution in [-0.2, 0) is 0 Å². The van der Waals surface area contributed by atoms with Gasteiger partial charge in [0.2, 0.25) is 0 Å². The van der Waals surface area contributed by atoms with Crippen molar-refractivity contribution >= 4 is 0 Å². The fourth-order valence-electron chi connectivity index (χ4n) is 2.42. The minimum atomic E-state index is 0.781. The monoisotopic (exact) mass is 196 g/mol. The lowest BCUT2D eigenvalue weighted by atomic mass is 9.99. The Bertz CT molecular complexity index is 179. The Labute approximate surface area is 88.3 Å². The van der Waals surface area contributed by atoms with Crippen molar-refractivity contribution in [3.63, 3.8) is 0 Å². The maximum atomic E-state index is 2.65. The molecule has 0 N–H and O–H groups in total. The van der Waals surface area contributed by atoms with Gasteiger partial charge in [-0.05, 0) is 38.3 Å². The van der Waals surface area contributed by atoms with Crippen LogP contribution < -0.4 is 0 Å². The van der Waals surface area contributed by atoms with Crippen LogP contribution in [0, 0.1) is 5.41 Å². The number of hydrogen-bond acceptors (Lipinski definition) is 2. The highest BCUT2D eigenvalue weighted by molar-refractivity contribution is 4.92. The minimum Gasteiger partial charge on any atom is -0.304 e. The van der Waals surface area contributed by atoms with Crippen LogP contribution in [0.3, 0.4) is 0 Å². The van der Waals surface area contributed by atoms with E-state index in [1.54, 1.807) is 0 Å². The molecule has 0 spiro atoms. The van der Waals surface area contributed by atoms with Gasteiger partial charge in [0.1, 0.15) is 0 Å². The van der Waals surface area contributed by atoms with Gasteiger partial charge in [-0.2, -0.15) is 0 Å². The van der Waals surface area contributed by atoms with Crippen molar-refractivity contribution in [2.45, 2.75) is 32.6 Å². The molecule has 1 saturated carbocycles. The molecule has 2 nitrogen and oxygen atoms in total. The highest BCUT2D eigenvalue weighted by Gasteiger charge is 2.40. The van der Waals surface area contributed by atoms with Gasteiger partial charge in [0.15, 0.2) is 0 Å². The van der Waals surface area contributed by atoms with E-state index in [2.05, 4.69) is 23.8 Å². The van der Waals surface area contributed by atoms with Crippen LogP contribution in [0.15, 0.2) is 0 Å². The number of piperazine rings is 1. The van der Waals surface area contributed by atoms with Gasteiger partial charge in [0.25, 0.3) is 0 Å². The molecule has 0 amide bonds. The summed E-state index contributed by atoms with van der Waals surface area (Å²) in [7, 11) is 2.23. The summed E-state index contributed by atoms with van der Waals surface area (Å²) >= 11 is 0. The molecule has 0 aromatic rings. The Morgan fingerprint density at radius 3 is 2.21 bits per heavy atom. The summed E-state index contributed by atoms with van der Waals surface area (Å²) in [6.45, 7) is 8.81. The number of hydrogen-bond donors (Lipinski definition) is 0. The molecule has 14 heavy (non-hydrogen) atoms. The average molecular weight is 196 g/mol. The molecule has 0 aromatic carbocycles. The molecule has 0 atom stereocenters. The van der Waals surface area contributed by atoms with E-state index < -0.39 is 0 Å². The Morgan fingerprint density at radius 2 is 1.71 bits per heavy atom. The first-order valence-corrected chi connectivity index (χ1v) is 6.15. The van der Waals surface area contributed by atoms with Crippen LogP contribution in [0.4, 0.5) is 0 Å². The first-order valence-electron chi connectivity index (χ1n) is 6.15. The molecule has 2 heteroatoms. The standard InChI is InChI=1S/C12H24N2/c1-3-12(4-5-12)6-7-14-10-8-13(2)9-11-14/h3-11H2,1-2H3. The molecule has 2 fully saturated rings. The van der Waals surface area contributed by atoms with E-state index in [0.717, 1.165) is 5.41 Å². The van der Waals surface area contributed by atoms with Gasteiger partial charge < -0.3 is 9.80 Å². The SMILES string of the molecule is CCC1(CCN2CCN(C)CC2)CC1. The van der Waals surface area contributed by atoms with Crippen molar-refractivity contribution in [1.29, 1.82) is 0 Å². The summed E-state index contributed by atoms with van der Waals surface area (Å²) in [4.78, 5) is 5.08. The Kier molecular flexibility index (Phi) is 3.13. The summed E-state index contributed by atoms with van der Waals surface area (Å²) in [6, 6.07) is 0. The second-order valence-electron chi connectivity index (χ2n) is 5.25. The Morgan fingerprint density at radius 1 is 1.07 bits per heavy atom. The summed E-state index contributed by atoms with van der Waals surface area (Å²) in [5, 5.41) is 0. The lowest BCUT2D eigenvalue weighted by Gasteiger charge is -2.33. The van der Waals surface area contributed by atoms with Crippen LogP contribution in [0.2, 0.25) is 0 Å². The molecular formula is C12H24N2. The van der Waals surface area contributed by atoms with E-state index >= 15 is 0 Å². The molecule has 0 unspecified atom stereocenters. The van der Waals surface area contributed by atoms with Gasteiger partial charge in [-0.25, -0.2) is 0 Å². The van der Waals surface area contributed by atoms with E-state index in [1.165, 1.54) is 58.4 Å². The summed E-state index contributed by atoms with van der Waals surface area (Å²) in [5.41, 5.74) is 0.781. The van der Waals surface area contributed by atoms with Crippen LogP contribution in [0.5, 0.6) is 0 Å². The second kappa shape index (κ2) is 4.19. The normalized spacial score (nSPS) is 27.9. The number of nitrogens with zero attached hydrogens (tertiary/aromatic N) is 2. The van der Waals surface area contributed by atoms with Crippen LogP contribution in [0.1, 0.15) is 32.6 Å². The van der Waals surface area contributed by atoms with E-state index in [9.17, 15) is 0 Å². The molecule has 1 aliphatic carbocycles. The maximum absolute atomic E-state index is 2.65. The lowest BCUT2D eigenvalue weighted by Crippen LogP contribution is -2.45. The molecule has 2 rings (SSSR count). The van der Waals surface area contributed by atoms with Gasteiger partial charge in [0.05, 0.1) is 0 Å². The predicted molar refractivity (Wildman–Crippen MR) is 60.5 cm³/mol. The highest BCUT2D eigenvalue weighted by atomic mass is 15.2. The second-order valence-corrected chi connectivity index (χ2v) is 5.25. The number of rotatable bonds is 4. The fourth-order valence-corrected chi connectivity index (χ4v) is 2.42. The van der Waals surface area contributed by atoms with Gasteiger partial charge >= 0.3 is 0 Å². The smallest absolute Gasteiger partial charge is 0.0110 e. The fraction of sp³-hybridized carbons (Fsp3) is 1.00. The Balaban J connectivity index is 1.66. The zero-order chi connectivity index (χ0) is 10.0. The zero-order valence-corrected chi connectivity index (χ0v) is 9.76. The molecule has 1 heterocycles. The molecule has 0 bridgehead atoms. The van der Waals surface area contributed by atoms with Crippen molar-refractivity contribution in [2.24, 2.45) is 5.41 Å². The highest BCUT2D eigenvalue weighted by Crippen LogP contribution is 2.51. The third-order valence-corrected chi connectivity index (χ3v) is 4.26. The molecule has 1 aliphatic heterocycles. The zero-order valence-electron chi connectivity index (χ0n) is 9.76. The van der Waals surface area contributed by atoms with E-state index in [4.69, 9.17) is 0 Å². The van der Waals surface area contributed by atoms with Crippen molar-refractivity contribution in [3.8, 4) is 0 Å². The molecular weight excluding hydrogens is 172 g/mol. The van der Waals surface area contributed by atoms with Gasteiger partial charge in [-0.3, -0.25) is 0 Å². The van der Waals surface area contributed by atoms with Gasteiger partial charge in [0, 0.05) is 26.2 Å². The maximum Gasteiger partial charge on any atom is 0.0110 e. The molecule has 1 saturated heterocycles. The van der Waals surface area contributed by atoms with Crippen molar-refractivity contribution in [3.05, 3.63) is 0 Å². The minimum absolute atomic E-state index is 0.781. The predicted octanol–water partition coefficient (Wildman–Crippen LogP) is 1.81.